The van der Waals surface area contributed by atoms with Crippen molar-refractivity contribution in [1.29, 1.82) is 0 Å². The summed E-state index contributed by atoms with van der Waals surface area (Å²) in [5.74, 6) is 0. The van der Waals surface area contributed by atoms with E-state index < -0.39 is 0 Å². The Morgan fingerprint density at radius 2 is 1.58 bits per heavy atom. The maximum atomic E-state index is 4.85. The third-order valence-corrected chi connectivity index (χ3v) is 4.75. The monoisotopic (exact) mass is 333 g/mol. The van der Waals surface area contributed by atoms with Gasteiger partial charge in [-0.05, 0) is 79.1 Å². The highest BCUT2D eigenvalue weighted by molar-refractivity contribution is 5.16. The third-order valence-electron chi connectivity index (χ3n) is 4.75. The van der Waals surface area contributed by atoms with Crippen molar-refractivity contribution in [3.8, 4) is 0 Å². The van der Waals surface area contributed by atoms with E-state index in [1.54, 1.807) is 0 Å². The Kier molecular flexibility index (Phi) is 8.12. The van der Waals surface area contributed by atoms with Crippen LogP contribution in [0.15, 0.2) is 18.2 Å². The minimum atomic E-state index is 0.301. The summed E-state index contributed by atoms with van der Waals surface area (Å²) in [4.78, 5) is 9.71. The molecule has 0 aliphatic carbocycles. The van der Waals surface area contributed by atoms with E-state index in [2.05, 4.69) is 66.6 Å². The molecule has 0 aromatic carbocycles. The molecule has 1 aromatic heterocycles. The van der Waals surface area contributed by atoms with Crippen LogP contribution in [0.1, 0.15) is 50.2 Å². The van der Waals surface area contributed by atoms with Crippen LogP contribution in [-0.4, -0.2) is 68.1 Å². The fourth-order valence-electron chi connectivity index (χ4n) is 3.08. The highest BCUT2D eigenvalue weighted by atomic mass is 15.2. The van der Waals surface area contributed by atoms with E-state index in [-0.39, 0.29) is 0 Å². The number of rotatable bonds is 3. The first-order valence-electron chi connectivity index (χ1n) is 9.37. The largest absolute Gasteiger partial charge is 0.309 e. The minimum Gasteiger partial charge on any atom is -0.309 e. The Morgan fingerprint density at radius 3 is 2.08 bits per heavy atom. The second-order valence-electron chi connectivity index (χ2n) is 7.19. The number of fused-ring (bicyclic) bond motifs is 2. The SMILES string of the molecule is C[C@H]1NCCCN(CCN(C)C)CCCN[C@H](C)c2cccc1n2. The Labute approximate surface area is 147 Å². The van der Waals surface area contributed by atoms with Crippen molar-refractivity contribution in [1.82, 2.24) is 25.4 Å². The third kappa shape index (κ3) is 6.48. The second kappa shape index (κ2) is 10.1. The molecule has 0 spiro atoms. The quantitative estimate of drug-likeness (QED) is 0.886. The molecular formula is C19H35N5. The Hall–Kier alpha value is -1.01. The van der Waals surface area contributed by atoms with Crippen LogP contribution in [0.4, 0.5) is 0 Å². The van der Waals surface area contributed by atoms with Crippen molar-refractivity contribution < 1.29 is 0 Å². The van der Waals surface area contributed by atoms with E-state index in [0.717, 1.165) is 50.7 Å². The average Bonchev–Trinajstić information content (AvgIpc) is 2.58. The molecule has 24 heavy (non-hydrogen) atoms. The molecule has 2 heterocycles. The van der Waals surface area contributed by atoms with Gasteiger partial charge in [0.25, 0.3) is 0 Å². The average molecular weight is 334 g/mol. The molecule has 5 heteroatoms. The lowest BCUT2D eigenvalue weighted by molar-refractivity contribution is 0.233. The molecule has 2 atom stereocenters. The first-order valence-corrected chi connectivity index (χ1v) is 9.37. The van der Waals surface area contributed by atoms with Crippen molar-refractivity contribution >= 4 is 0 Å². The summed E-state index contributed by atoms with van der Waals surface area (Å²) >= 11 is 0. The normalized spacial score (nSPS) is 24.7. The maximum Gasteiger partial charge on any atom is 0.0574 e. The molecule has 2 N–H and O–H groups in total. The van der Waals surface area contributed by atoms with Crippen molar-refractivity contribution in [2.45, 2.75) is 38.8 Å². The summed E-state index contributed by atoms with van der Waals surface area (Å²) in [7, 11) is 4.30. The molecule has 0 radical (unpaired) electrons. The fourth-order valence-corrected chi connectivity index (χ4v) is 3.08. The van der Waals surface area contributed by atoms with Crippen molar-refractivity contribution in [3.63, 3.8) is 0 Å². The predicted octanol–water partition coefficient (Wildman–Crippen LogP) is 2.04. The van der Waals surface area contributed by atoms with E-state index in [4.69, 9.17) is 4.98 Å². The minimum absolute atomic E-state index is 0.301. The number of nitrogens with zero attached hydrogens (tertiary/aromatic N) is 3. The van der Waals surface area contributed by atoms with Crippen molar-refractivity contribution in [2.24, 2.45) is 0 Å². The molecule has 136 valence electrons. The summed E-state index contributed by atoms with van der Waals surface area (Å²) in [6.45, 7) is 11.1. The van der Waals surface area contributed by atoms with Gasteiger partial charge in [0.15, 0.2) is 0 Å². The standard InChI is InChI=1S/C19H35N5/c1-16-18-8-5-9-19(22-18)17(2)21-11-7-13-24(12-6-10-20-16)15-14-23(3)4/h5,8-9,16-17,20-21H,6-7,10-15H2,1-4H3/t16-,17-/m1/s1. The highest BCUT2D eigenvalue weighted by Gasteiger charge is 2.12. The second-order valence-corrected chi connectivity index (χ2v) is 7.19. The van der Waals surface area contributed by atoms with Crippen LogP contribution in [-0.2, 0) is 0 Å². The van der Waals surface area contributed by atoms with E-state index in [1.807, 2.05) is 0 Å². The van der Waals surface area contributed by atoms with Crippen LogP contribution in [0.2, 0.25) is 0 Å². The molecule has 0 fully saturated rings. The van der Waals surface area contributed by atoms with Gasteiger partial charge in [-0.2, -0.15) is 0 Å². The molecule has 2 rings (SSSR count). The van der Waals surface area contributed by atoms with Gasteiger partial charge in [-0.25, -0.2) is 0 Å². The van der Waals surface area contributed by atoms with E-state index in [1.165, 1.54) is 12.8 Å². The zero-order valence-electron chi connectivity index (χ0n) is 15.9. The van der Waals surface area contributed by atoms with E-state index in [0.29, 0.717) is 12.1 Å². The lowest BCUT2D eigenvalue weighted by atomic mass is 10.1. The van der Waals surface area contributed by atoms with Gasteiger partial charge in [0.1, 0.15) is 0 Å². The van der Waals surface area contributed by atoms with Gasteiger partial charge < -0.3 is 20.4 Å². The topological polar surface area (TPSA) is 43.4 Å². The lowest BCUT2D eigenvalue weighted by Gasteiger charge is -2.25. The van der Waals surface area contributed by atoms with Gasteiger partial charge in [-0.3, -0.25) is 4.98 Å². The lowest BCUT2D eigenvalue weighted by Crippen LogP contribution is -2.36. The van der Waals surface area contributed by atoms with Gasteiger partial charge in [0.2, 0.25) is 0 Å². The predicted molar refractivity (Wildman–Crippen MR) is 101 cm³/mol. The molecular weight excluding hydrogens is 298 g/mol. The number of hydrogen-bond acceptors (Lipinski definition) is 5. The maximum absolute atomic E-state index is 4.85. The number of hydrogen-bond donors (Lipinski definition) is 2. The summed E-state index contributed by atoms with van der Waals surface area (Å²) in [5.41, 5.74) is 2.28. The van der Waals surface area contributed by atoms with Crippen molar-refractivity contribution in [2.75, 3.05) is 53.4 Å². The van der Waals surface area contributed by atoms with Gasteiger partial charge in [0, 0.05) is 25.2 Å². The molecule has 0 saturated heterocycles. The summed E-state index contributed by atoms with van der Waals surface area (Å²) in [6.07, 6.45) is 2.36. The Bertz CT molecular complexity index is 443. The zero-order chi connectivity index (χ0) is 17.4. The molecule has 1 aliphatic rings. The Morgan fingerprint density at radius 1 is 1.04 bits per heavy atom. The van der Waals surface area contributed by atoms with Gasteiger partial charge in [-0.15, -0.1) is 0 Å². The smallest absolute Gasteiger partial charge is 0.0574 e. The highest BCUT2D eigenvalue weighted by Crippen LogP contribution is 2.15. The van der Waals surface area contributed by atoms with Gasteiger partial charge in [-0.1, -0.05) is 6.07 Å². The molecule has 0 unspecified atom stereocenters. The van der Waals surface area contributed by atoms with Crippen LogP contribution < -0.4 is 10.6 Å². The van der Waals surface area contributed by atoms with Gasteiger partial charge >= 0.3 is 0 Å². The van der Waals surface area contributed by atoms with Gasteiger partial charge in [0.05, 0.1) is 11.4 Å². The van der Waals surface area contributed by atoms with Crippen LogP contribution in [0.25, 0.3) is 0 Å². The number of likely N-dealkylation sites (N-methyl/N-ethyl adjacent to an activating group) is 1. The summed E-state index contributed by atoms with van der Waals surface area (Å²) < 4.78 is 0. The van der Waals surface area contributed by atoms with Crippen molar-refractivity contribution in [3.05, 3.63) is 29.6 Å². The first kappa shape index (κ1) is 19.3. The number of aromatic nitrogens is 1. The number of pyridine rings is 1. The summed E-state index contributed by atoms with van der Waals surface area (Å²) in [6, 6.07) is 6.99. The molecule has 0 saturated carbocycles. The van der Waals surface area contributed by atoms with Crippen LogP contribution in [0, 0.1) is 0 Å². The molecule has 0 amide bonds. The molecule has 1 aromatic rings. The fraction of sp³-hybridized carbons (Fsp3) is 0.737. The molecule has 2 bridgehead atoms. The van der Waals surface area contributed by atoms with Crippen LogP contribution in [0.5, 0.6) is 0 Å². The van der Waals surface area contributed by atoms with Crippen LogP contribution in [0.3, 0.4) is 0 Å². The Balaban J connectivity index is 1.98. The summed E-state index contributed by atoms with van der Waals surface area (Å²) in [5, 5.41) is 7.25. The molecule has 5 nitrogen and oxygen atoms in total. The number of nitrogens with one attached hydrogen (secondary N) is 2. The molecule has 1 aliphatic heterocycles. The van der Waals surface area contributed by atoms with E-state index in [9.17, 15) is 0 Å². The zero-order valence-corrected chi connectivity index (χ0v) is 15.9. The first-order chi connectivity index (χ1) is 11.6. The van der Waals surface area contributed by atoms with Crippen LogP contribution >= 0.6 is 0 Å². The van der Waals surface area contributed by atoms with E-state index >= 15 is 0 Å².